The van der Waals surface area contributed by atoms with E-state index in [1.165, 1.54) is 0 Å². The molecule has 4 heteroatoms. The van der Waals surface area contributed by atoms with E-state index in [0.717, 1.165) is 25.7 Å². The number of unbranched alkanes of at least 4 members (excludes halogenated alkanes) is 3. The van der Waals surface area contributed by atoms with Gasteiger partial charge in [0, 0.05) is 0 Å². The Morgan fingerprint density at radius 3 is 1.38 bits per heavy atom. The molecule has 16 heavy (non-hydrogen) atoms. The summed E-state index contributed by atoms with van der Waals surface area (Å²) >= 11 is 0. The number of rotatable bonds is 9. The van der Waals surface area contributed by atoms with Crippen LogP contribution in [0.5, 0.6) is 0 Å². The molecule has 0 amide bonds. The number of carbonyl (C=O) groups is 2. The SMILES string of the molecule is C[C@@H](CCCCCC[C@H](C)C(=O)O)C(=O)O. The molecular weight excluding hydrogens is 208 g/mol. The smallest absolute Gasteiger partial charge is 0.306 e. The van der Waals surface area contributed by atoms with E-state index in [-0.39, 0.29) is 11.8 Å². The van der Waals surface area contributed by atoms with Crippen molar-refractivity contribution in [1.29, 1.82) is 0 Å². The summed E-state index contributed by atoms with van der Waals surface area (Å²) in [4.78, 5) is 21.0. The average molecular weight is 230 g/mol. The predicted octanol–water partition coefficient (Wildman–Crippen LogP) is 2.77. The van der Waals surface area contributed by atoms with Gasteiger partial charge < -0.3 is 10.2 Å². The van der Waals surface area contributed by atoms with Crippen molar-refractivity contribution in [3.63, 3.8) is 0 Å². The van der Waals surface area contributed by atoms with Gasteiger partial charge >= 0.3 is 11.9 Å². The first-order valence-corrected chi connectivity index (χ1v) is 5.90. The average Bonchev–Trinajstić information content (AvgIpc) is 2.21. The van der Waals surface area contributed by atoms with Gasteiger partial charge in [0.25, 0.3) is 0 Å². The van der Waals surface area contributed by atoms with Crippen molar-refractivity contribution in [2.24, 2.45) is 11.8 Å². The fourth-order valence-corrected chi connectivity index (χ4v) is 1.50. The first kappa shape index (κ1) is 14.9. The second kappa shape index (κ2) is 8.13. The highest BCUT2D eigenvalue weighted by atomic mass is 16.4. The topological polar surface area (TPSA) is 74.6 Å². The molecular formula is C12H22O4. The van der Waals surface area contributed by atoms with Crippen LogP contribution in [0.2, 0.25) is 0 Å². The van der Waals surface area contributed by atoms with Crippen molar-refractivity contribution in [2.75, 3.05) is 0 Å². The first-order chi connectivity index (χ1) is 7.45. The van der Waals surface area contributed by atoms with Gasteiger partial charge in [-0.1, -0.05) is 39.5 Å². The molecule has 2 N–H and O–H groups in total. The van der Waals surface area contributed by atoms with E-state index in [2.05, 4.69) is 0 Å². The number of carboxylic acids is 2. The van der Waals surface area contributed by atoms with Crippen LogP contribution in [-0.2, 0) is 9.59 Å². The van der Waals surface area contributed by atoms with Crippen LogP contribution < -0.4 is 0 Å². The summed E-state index contributed by atoms with van der Waals surface area (Å²) in [7, 11) is 0. The number of hydrogen-bond acceptors (Lipinski definition) is 2. The van der Waals surface area contributed by atoms with Gasteiger partial charge in [0.15, 0.2) is 0 Å². The summed E-state index contributed by atoms with van der Waals surface area (Å²) in [6.07, 6.45) is 5.23. The Balaban J connectivity index is 3.34. The minimum Gasteiger partial charge on any atom is -0.481 e. The summed E-state index contributed by atoms with van der Waals surface area (Å²) in [5, 5.41) is 17.3. The van der Waals surface area contributed by atoms with Crippen molar-refractivity contribution < 1.29 is 19.8 Å². The van der Waals surface area contributed by atoms with Crippen LogP contribution >= 0.6 is 0 Å². The second-order valence-corrected chi connectivity index (χ2v) is 4.47. The van der Waals surface area contributed by atoms with E-state index in [1.807, 2.05) is 0 Å². The van der Waals surface area contributed by atoms with Crippen LogP contribution in [0.25, 0.3) is 0 Å². The summed E-state index contributed by atoms with van der Waals surface area (Å²) in [6.45, 7) is 3.43. The lowest BCUT2D eigenvalue weighted by molar-refractivity contribution is -0.142. The fourth-order valence-electron chi connectivity index (χ4n) is 1.50. The molecule has 0 saturated heterocycles. The summed E-state index contributed by atoms with van der Waals surface area (Å²) in [6, 6.07) is 0. The number of hydrogen-bond donors (Lipinski definition) is 2. The van der Waals surface area contributed by atoms with Crippen molar-refractivity contribution >= 4 is 11.9 Å². The molecule has 0 aromatic carbocycles. The minimum absolute atomic E-state index is 0.266. The Kier molecular flexibility index (Phi) is 7.60. The van der Waals surface area contributed by atoms with E-state index in [4.69, 9.17) is 10.2 Å². The number of carboxylic acid groups (broad SMARTS) is 2. The first-order valence-electron chi connectivity index (χ1n) is 5.90. The zero-order valence-electron chi connectivity index (χ0n) is 10.1. The highest BCUT2D eigenvalue weighted by Crippen LogP contribution is 2.14. The lowest BCUT2D eigenvalue weighted by Gasteiger charge is -2.07. The van der Waals surface area contributed by atoms with E-state index < -0.39 is 11.9 Å². The molecule has 0 aromatic rings. The third-order valence-corrected chi connectivity index (χ3v) is 2.87. The van der Waals surface area contributed by atoms with Crippen LogP contribution in [0.15, 0.2) is 0 Å². The van der Waals surface area contributed by atoms with Crippen LogP contribution in [0.1, 0.15) is 52.4 Å². The lowest BCUT2D eigenvalue weighted by Crippen LogP contribution is -2.09. The van der Waals surface area contributed by atoms with Crippen molar-refractivity contribution in [1.82, 2.24) is 0 Å². The summed E-state index contributed by atoms with van der Waals surface area (Å²) in [5.74, 6) is -2.00. The minimum atomic E-state index is -0.737. The van der Waals surface area contributed by atoms with Crippen LogP contribution in [0, 0.1) is 11.8 Å². The molecule has 0 unspecified atom stereocenters. The second-order valence-electron chi connectivity index (χ2n) is 4.47. The molecule has 0 fully saturated rings. The van der Waals surface area contributed by atoms with E-state index in [1.54, 1.807) is 13.8 Å². The quantitative estimate of drug-likeness (QED) is 0.597. The van der Waals surface area contributed by atoms with E-state index >= 15 is 0 Å². The lowest BCUT2D eigenvalue weighted by atomic mass is 10.00. The van der Waals surface area contributed by atoms with Gasteiger partial charge in [-0.25, -0.2) is 0 Å². The van der Waals surface area contributed by atoms with E-state index in [9.17, 15) is 9.59 Å². The monoisotopic (exact) mass is 230 g/mol. The molecule has 0 saturated carbocycles. The predicted molar refractivity (Wildman–Crippen MR) is 61.3 cm³/mol. The van der Waals surface area contributed by atoms with Gasteiger partial charge in [-0.05, 0) is 12.8 Å². The Morgan fingerprint density at radius 1 is 0.812 bits per heavy atom. The third-order valence-electron chi connectivity index (χ3n) is 2.87. The zero-order valence-corrected chi connectivity index (χ0v) is 10.1. The summed E-state index contributed by atoms with van der Waals surface area (Å²) < 4.78 is 0. The van der Waals surface area contributed by atoms with Crippen LogP contribution in [0.4, 0.5) is 0 Å². The van der Waals surface area contributed by atoms with Gasteiger partial charge in [-0.3, -0.25) is 9.59 Å². The molecule has 0 radical (unpaired) electrons. The molecule has 0 bridgehead atoms. The highest BCUT2D eigenvalue weighted by molar-refractivity contribution is 5.69. The van der Waals surface area contributed by atoms with Crippen molar-refractivity contribution in [2.45, 2.75) is 52.4 Å². The Hall–Kier alpha value is -1.06. The molecule has 2 atom stereocenters. The molecule has 0 aromatic heterocycles. The third kappa shape index (κ3) is 7.26. The van der Waals surface area contributed by atoms with E-state index in [0.29, 0.717) is 12.8 Å². The largest absolute Gasteiger partial charge is 0.481 e. The van der Waals surface area contributed by atoms with Gasteiger partial charge in [0.05, 0.1) is 11.8 Å². The normalized spacial score (nSPS) is 14.4. The molecule has 0 spiro atoms. The Labute approximate surface area is 96.7 Å². The summed E-state index contributed by atoms with van der Waals surface area (Å²) in [5.41, 5.74) is 0. The van der Waals surface area contributed by atoms with Gasteiger partial charge in [-0.15, -0.1) is 0 Å². The maximum absolute atomic E-state index is 10.5. The Bertz CT molecular complexity index is 201. The molecule has 0 aliphatic carbocycles. The Morgan fingerprint density at radius 2 is 1.12 bits per heavy atom. The maximum atomic E-state index is 10.5. The molecule has 0 aliphatic heterocycles. The fraction of sp³-hybridized carbons (Fsp3) is 0.833. The van der Waals surface area contributed by atoms with Crippen molar-refractivity contribution in [3.05, 3.63) is 0 Å². The standard InChI is InChI=1S/C12H22O4/c1-9(11(13)14)7-5-3-4-6-8-10(2)12(15)16/h9-10H,3-8H2,1-2H3,(H,13,14)(H,15,16)/t9-,10-/m0/s1. The molecule has 4 nitrogen and oxygen atoms in total. The molecule has 0 aliphatic rings. The molecule has 0 heterocycles. The maximum Gasteiger partial charge on any atom is 0.306 e. The van der Waals surface area contributed by atoms with Gasteiger partial charge in [0.1, 0.15) is 0 Å². The zero-order chi connectivity index (χ0) is 12.6. The highest BCUT2D eigenvalue weighted by Gasteiger charge is 2.11. The number of aliphatic carboxylic acids is 2. The van der Waals surface area contributed by atoms with Gasteiger partial charge in [0.2, 0.25) is 0 Å². The van der Waals surface area contributed by atoms with Gasteiger partial charge in [-0.2, -0.15) is 0 Å². The van der Waals surface area contributed by atoms with Crippen molar-refractivity contribution in [3.8, 4) is 0 Å². The molecule has 0 rings (SSSR count). The van der Waals surface area contributed by atoms with Crippen LogP contribution in [0.3, 0.4) is 0 Å². The van der Waals surface area contributed by atoms with Crippen LogP contribution in [-0.4, -0.2) is 22.2 Å². The molecule has 94 valence electrons.